The van der Waals surface area contributed by atoms with Gasteiger partial charge in [0, 0.05) is 13.0 Å². The zero-order valence-corrected chi connectivity index (χ0v) is 11.1. The fraction of sp³-hybridized carbons (Fsp3) is 0.750. The lowest BCUT2D eigenvalue weighted by molar-refractivity contribution is -0.131. The molecule has 0 radical (unpaired) electrons. The van der Waals surface area contributed by atoms with Gasteiger partial charge in [0.2, 0.25) is 5.91 Å². The highest BCUT2D eigenvalue weighted by Gasteiger charge is 2.51. The summed E-state index contributed by atoms with van der Waals surface area (Å²) >= 11 is 0. The van der Waals surface area contributed by atoms with Crippen molar-refractivity contribution in [2.45, 2.75) is 31.7 Å². The number of hydrogen-bond acceptors (Lipinski definition) is 4. The Bertz CT molecular complexity index is 408. The minimum atomic E-state index is -0.919. The Morgan fingerprint density at radius 2 is 2.26 bits per heavy atom. The zero-order chi connectivity index (χ0) is 14.0. The maximum absolute atomic E-state index is 12.1. The van der Waals surface area contributed by atoms with Crippen LogP contribution in [-0.4, -0.2) is 47.9 Å². The maximum atomic E-state index is 12.1. The summed E-state index contributed by atoms with van der Waals surface area (Å²) in [5.74, 6) is -0.155. The third kappa shape index (κ3) is 2.56. The average molecular weight is 268 g/mol. The van der Waals surface area contributed by atoms with Crippen LogP contribution < -0.4 is 16.4 Å². The Kier molecular flexibility index (Phi) is 3.75. The van der Waals surface area contributed by atoms with Gasteiger partial charge in [0.25, 0.3) is 5.91 Å². The van der Waals surface area contributed by atoms with Gasteiger partial charge in [-0.15, -0.1) is 0 Å². The van der Waals surface area contributed by atoms with Gasteiger partial charge in [-0.25, -0.2) is 4.79 Å². The number of nitrogens with one attached hydrogen (secondary N) is 2. The van der Waals surface area contributed by atoms with Crippen LogP contribution in [0.1, 0.15) is 26.2 Å². The Morgan fingerprint density at radius 3 is 2.79 bits per heavy atom. The van der Waals surface area contributed by atoms with Gasteiger partial charge >= 0.3 is 6.03 Å². The standard InChI is InChI=1S/C12H20N4O3/c1-2-8(6-13)5-9(17)16-4-3-12(7-16)10(18)14-11(19)15-12/h8H,2-7,13H2,1H3,(H2,14,15,18,19). The van der Waals surface area contributed by atoms with Gasteiger partial charge in [-0.05, 0) is 18.9 Å². The maximum Gasteiger partial charge on any atom is 0.322 e. The number of hydrogen-bond donors (Lipinski definition) is 3. The molecule has 7 nitrogen and oxygen atoms in total. The average Bonchev–Trinajstić information content (AvgIpc) is 2.91. The van der Waals surface area contributed by atoms with Gasteiger partial charge in [0.1, 0.15) is 5.54 Å². The van der Waals surface area contributed by atoms with E-state index < -0.39 is 11.6 Å². The number of urea groups is 1. The SMILES string of the molecule is CCC(CN)CC(=O)N1CCC2(C1)NC(=O)NC2=O. The molecular weight excluding hydrogens is 248 g/mol. The second-order valence-electron chi connectivity index (χ2n) is 5.27. The summed E-state index contributed by atoms with van der Waals surface area (Å²) in [6.07, 6.45) is 1.73. The van der Waals surface area contributed by atoms with Gasteiger partial charge in [-0.3, -0.25) is 14.9 Å². The van der Waals surface area contributed by atoms with Crippen molar-refractivity contribution in [2.75, 3.05) is 19.6 Å². The largest absolute Gasteiger partial charge is 0.340 e. The van der Waals surface area contributed by atoms with E-state index in [4.69, 9.17) is 5.73 Å². The highest BCUT2D eigenvalue weighted by atomic mass is 16.2. The minimum Gasteiger partial charge on any atom is -0.340 e. The molecule has 1 spiro atoms. The molecule has 2 aliphatic heterocycles. The monoisotopic (exact) mass is 268 g/mol. The number of likely N-dealkylation sites (tertiary alicyclic amines) is 1. The Hall–Kier alpha value is -1.63. The molecule has 19 heavy (non-hydrogen) atoms. The van der Waals surface area contributed by atoms with E-state index in [0.717, 1.165) is 6.42 Å². The molecule has 2 aliphatic rings. The lowest BCUT2D eigenvalue weighted by atomic mass is 9.99. The number of carbonyl (C=O) groups excluding carboxylic acids is 3. The molecule has 0 aromatic carbocycles. The summed E-state index contributed by atoms with van der Waals surface area (Å²) in [4.78, 5) is 36.7. The summed E-state index contributed by atoms with van der Waals surface area (Å²) < 4.78 is 0. The Morgan fingerprint density at radius 1 is 1.53 bits per heavy atom. The van der Waals surface area contributed by atoms with Crippen molar-refractivity contribution < 1.29 is 14.4 Å². The van der Waals surface area contributed by atoms with Crippen molar-refractivity contribution >= 4 is 17.8 Å². The molecule has 2 rings (SSSR count). The van der Waals surface area contributed by atoms with Crippen LogP contribution in [0.25, 0.3) is 0 Å². The fourth-order valence-corrected chi connectivity index (χ4v) is 2.61. The van der Waals surface area contributed by atoms with Crippen LogP contribution in [0.3, 0.4) is 0 Å². The molecule has 0 aliphatic carbocycles. The normalized spacial score (nSPS) is 27.6. The third-order valence-electron chi connectivity index (χ3n) is 4.01. The summed E-state index contributed by atoms with van der Waals surface area (Å²) in [6.45, 7) is 3.23. The van der Waals surface area contributed by atoms with Gasteiger partial charge < -0.3 is 16.0 Å². The van der Waals surface area contributed by atoms with Gasteiger partial charge in [0.15, 0.2) is 0 Å². The lowest BCUT2D eigenvalue weighted by Gasteiger charge is -2.22. The van der Waals surface area contributed by atoms with Gasteiger partial charge in [-0.2, -0.15) is 0 Å². The molecule has 0 saturated carbocycles. The molecular formula is C12H20N4O3. The van der Waals surface area contributed by atoms with Crippen molar-refractivity contribution in [3.8, 4) is 0 Å². The van der Waals surface area contributed by atoms with E-state index in [-0.39, 0.29) is 24.3 Å². The number of nitrogens with zero attached hydrogens (tertiary/aromatic N) is 1. The van der Waals surface area contributed by atoms with E-state index in [0.29, 0.717) is 25.9 Å². The highest BCUT2D eigenvalue weighted by Crippen LogP contribution is 2.25. The van der Waals surface area contributed by atoms with Crippen LogP contribution in [0.4, 0.5) is 4.79 Å². The van der Waals surface area contributed by atoms with Crippen LogP contribution in [0, 0.1) is 5.92 Å². The molecule has 2 fully saturated rings. The zero-order valence-electron chi connectivity index (χ0n) is 11.1. The molecule has 0 bridgehead atoms. The van der Waals surface area contributed by atoms with Crippen molar-refractivity contribution in [1.29, 1.82) is 0 Å². The van der Waals surface area contributed by atoms with Crippen LogP contribution in [0.15, 0.2) is 0 Å². The van der Waals surface area contributed by atoms with E-state index in [1.165, 1.54) is 0 Å². The first-order valence-electron chi connectivity index (χ1n) is 6.62. The summed E-state index contributed by atoms with van der Waals surface area (Å²) in [7, 11) is 0. The number of nitrogens with two attached hydrogens (primary N) is 1. The van der Waals surface area contributed by atoms with Gasteiger partial charge in [-0.1, -0.05) is 13.3 Å². The molecule has 2 atom stereocenters. The first kappa shape index (κ1) is 13.8. The van der Waals surface area contributed by atoms with Crippen molar-refractivity contribution in [3.05, 3.63) is 0 Å². The lowest BCUT2D eigenvalue weighted by Crippen LogP contribution is -2.49. The Labute approximate surface area is 111 Å². The molecule has 4 amide bonds. The Balaban J connectivity index is 1.97. The molecule has 2 heterocycles. The minimum absolute atomic E-state index is 0.00289. The molecule has 106 valence electrons. The molecule has 0 aromatic heterocycles. The fourth-order valence-electron chi connectivity index (χ4n) is 2.61. The summed E-state index contributed by atoms with van der Waals surface area (Å²) in [5.41, 5.74) is 4.67. The number of rotatable bonds is 4. The van der Waals surface area contributed by atoms with Crippen LogP contribution in [0.5, 0.6) is 0 Å². The van der Waals surface area contributed by atoms with E-state index in [1.807, 2.05) is 6.92 Å². The van der Waals surface area contributed by atoms with E-state index in [9.17, 15) is 14.4 Å². The second kappa shape index (κ2) is 5.16. The quantitative estimate of drug-likeness (QED) is 0.579. The van der Waals surface area contributed by atoms with Crippen LogP contribution in [-0.2, 0) is 9.59 Å². The van der Waals surface area contributed by atoms with Crippen LogP contribution >= 0.6 is 0 Å². The molecule has 4 N–H and O–H groups in total. The number of carbonyl (C=O) groups is 3. The summed E-state index contributed by atoms with van der Waals surface area (Å²) in [6, 6.07) is -0.479. The van der Waals surface area contributed by atoms with Crippen LogP contribution in [0.2, 0.25) is 0 Å². The van der Waals surface area contributed by atoms with Crippen molar-refractivity contribution in [3.63, 3.8) is 0 Å². The number of amides is 4. The smallest absolute Gasteiger partial charge is 0.322 e. The number of imide groups is 1. The summed E-state index contributed by atoms with van der Waals surface area (Å²) in [5, 5.41) is 4.85. The third-order valence-corrected chi connectivity index (χ3v) is 4.01. The molecule has 0 aromatic rings. The van der Waals surface area contributed by atoms with E-state index in [1.54, 1.807) is 4.90 Å². The molecule has 2 saturated heterocycles. The predicted molar refractivity (Wildman–Crippen MR) is 68.1 cm³/mol. The van der Waals surface area contributed by atoms with Crippen molar-refractivity contribution in [2.24, 2.45) is 11.7 Å². The first-order valence-corrected chi connectivity index (χ1v) is 6.62. The first-order chi connectivity index (χ1) is 9.00. The highest BCUT2D eigenvalue weighted by molar-refractivity contribution is 6.07. The van der Waals surface area contributed by atoms with Gasteiger partial charge in [0.05, 0.1) is 6.54 Å². The second-order valence-corrected chi connectivity index (χ2v) is 5.27. The van der Waals surface area contributed by atoms with E-state index >= 15 is 0 Å². The van der Waals surface area contributed by atoms with Crippen molar-refractivity contribution in [1.82, 2.24) is 15.5 Å². The molecule has 2 unspecified atom stereocenters. The molecule has 7 heteroatoms. The predicted octanol–water partition coefficient (Wildman–Crippen LogP) is -0.828. The van der Waals surface area contributed by atoms with E-state index in [2.05, 4.69) is 10.6 Å². The topological polar surface area (TPSA) is 105 Å².